The van der Waals surface area contributed by atoms with Crippen molar-refractivity contribution in [3.63, 3.8) is 0 Å². The predicted octanol–water partition coefficient (Wildman–Crippen LogP) is 2.09. The van der Waals surface area contributed by atoms with Crippen LogP contribution in [0.25, 0.3) is 0 Å². The normalized spacial score (nSPS) is 11.8. The lowest BCUT2D eigenvalue weighted by Gasteiger charge is -2.13. The van der Waals surface area contributed by atoms with E-state index < -0.39 is 12.1 Å². The fourth-order valence-corrected chi connectivity index (χ4v) is 2.37. The number of hydrogen-bond acceptors (Lipinski definition) is 4. The second-order valence-electron chi connectivity index (χ2n) is 4.48. The number of terminal acetylenes is 1. The van der Waals surface area contributed by atoms with Gasteiger partial charge in [0.2, 0.25) is 0 Å². The van der Waals surface area contributed by atoms with Crippen LogP contribution in [0.5, 0.6) is 5.75 Å². The van der Waals surface area contributed by atoms with Crippen LogP contribution in [0.2, 0.25) is 0 Å². The summed E-state index contributed by atoms with van der Waals surface area (Å²) in [5.41, 5.74) is 0. The highest BCUT2D eigenvalue weighted by Crippen LogP contribution is 2.34. The summed E-state index contributed by atoms with van der Waals surface area (Å²) in [6.07, 6.45) is 4.24. The van der Waals surface area contributed by atoms with Crippen LogP contribution < -0.4 is 10.1 Å². The Hall–Kier alpha value is -2.00. The number of hydrogen-bond donors (Lipinski definition) is 2. The van der Waals surface area contributed by atoms with Gasteiger partial charge in [-0.15, -0.1) is 17.8 Å². The van der Waals surface area contributed by atoms with E-state index in [1.165, 1.54) is 0 Å². The Morgan fingerprint density at radius 1 is 1.50 bits per heavy atom. The van der Waals surface area contributed by atoms with Gasteiger partial charge in [-0.05, 0) is 18.9 Å². The van der Waals surface area contributed by atoms with E-state index in [1.54, 1.807) is 13.0 Å². The van der Waals surface area contributed by atoms with Crippen molar-refractivity contribution in [1.29, 1.82) is 0 Å². The summed E-state index contributed by atoms with van der Waals surface area (Å²) in [7, 11) is 0. The molecule has 20 heavy (non-hydrogen) atoms. The molecule has 1 atom stereocenters. The van der Waals surface area contributed by atoms with Crippen LogP contribution in [-0.4, -0.2) is 29.6 Å². The molecule has 0 aliphatic heterocycles. The molecule has 0 aliphatic carbocycles. The zero-order valence-electron chi connectivity index (χ0n) is 11.6. The molecule has 0 spiro atoms. The minimum absolute atomic E-state index is 0.102. The second-order valence-corrected chi connectivity index (χ2v) is 5.57. The standard InChI is InChI=1S/C14H17NO4S/c1-5-6-15-13(16)9(4)19-10-7-11(8(2)3)20-12(10)14(17)18/h1,7-9H,6H2,2-4H3,(H,15,16)(H,17,18). The molecule has 6 heteroatoms. The summed E-state index contributed by atoms with van der Waals surface area (Å²) in [4.78, 5) is 23.8. The molecule has 0 radical (unpaired) electrons. The van der Waals surface area contributed by atoms with Crippen molar-refractivity contribution in [3.05, 3.63) is 15.8 Å². The van der Waals surface area contributed by atoms with E-state index in [4.69, 9.17) is 16.3 Å². The molecular weight excluding hydrogens is 278 g/mol. The van der Waals surface area contributed by atoms with Crippen molar-refractivity contribution in [1.82, 2.24) is 5.32 Å². The smallest absolute Gasteiger partial charge is 0.349 e. The Morgan fingerprint density at radius 3 is 2.65 bits per heavy atom. The van der Waals surface area contributed by atoms with Crippen molar-refractivity contribution in [2.45, 2.75) is 32.8 Å². The summed E-state index contributed by atoms with van der Waals surface area (Å²) in [6, 6.07) is 1.67. The molecule has 0 saturated heterocycles. The summed E-state index contributed by atoms with van der Waals surface area (Å²) < 4.78 is 5.45. The summed E-state index contributed by atoms with van der Waals surface area (Å²) >= 11 is 1.16. The Kier molecular flexibility index (Phi) is 5.59. The first-order valence-corrected chi connectivity index (χ1v) is 6.93. The predicted molar refractivity (Wildman–Crippen MR) is 77.3 cm³/mol. The van der Waals surface area contributed by atoms with Crippen molar-refractivity contribution in [3.8, 4) is 18.1 Å². The third-order valence-corrected chi connectivity index (χ3v) is 3.92. The van der Waals surface area contributed by atoms with Gasteiger partial charge in [0.1, 0.15) is 5.75 Å². The molecule has 1 rings (SSSR count). The number of rotatable bonds is 6. The fourth-order valence-electron chi connectivity index (χ4n) is 1.44. The molecule has 0 bridgehead atoms. The highest BCUT2D eigenvalue weighted by atomic mass is 32.1. The average molecular weight is 295 g/mol. The van der Waals surface area contributed by atoms with E-state index in [1.807, 2.05) is 13.8 Å². The first-order valence-electron chi connectivity index (χ1n) is 6.11. The minimum Gasteiger partial charge on any atom is -0.479 e. The Morgan fingerprint density at radius 2 is 2.15 bits per heavy atom. The topological polar surface area (TPSA) is 75.6 Å². The molecule has 0 aromatic carbocycles. The van der Waals surface area contributed by atoms with E-state index in [0.717, 1.165) is 16.2 Å². The van der Waals surface area contributed by atoms with Crippen LogP contribution >= 0.6 is 11.3 Å². The van der Waals surface area contributed by atoms with Gasteiger partial charge in [0, 0.05) is 4.88 Å². The van der Waals surface area contributed by atoms with Gasteiger partial charge in [0.25, 0.3) is 5.91 Å². The zero-order valence-corrected chi connectivity index (χ0v) is 12.4. The third-order valence-electron chi connectivity index (χ3n) is 2.52. The maximum Gasteiger partial charge on any atom is 0.349 e. The van der Waals surface area contributed by atoms with Crippen LogP contribution in [0.4, 0.5) is 0 Å². The number of ether oxygens (including phenoxy) is 1. The van der Waals surface area contributed by atoms with E-state index in [2.05, 4.69) is 11.2 Å². The molecule has 0 saturated carbocycles. The highest BCUT2D eigenvalue weighted by Gasteiger charge is 2.22. The van der Waals surface area contributed by atoms with Crippen molar-refractivity contribution in [2.75, 3.05) is 6.54 Å². The number of carbonyl (C=O) groups excluding carboxylic acids is 1. The van der Waals surface area contributed by atoms with Gasteiger partial charge in [-0.2, -0.15) is 0 Å². The third kappa shape index (κ3) is 4.00. The van der Waals surface area contributed by atoms with Crippen LogP contribution in [-0.2, 0) is 4.79 Å². The molecule has 1 aromatic rings. The van der Waals surface area contributed by atoms with Gasteiger partial charge >= 0.3 is 5.97 Å². The van der Waals surface area contributed by atoms with Gasteiger partial charge in [0.15, 0.2) is 11.0 Å². The van der Waals surface area contributed by atoms with Gasteiger partial charge in [-0.3, -0.25) is 4.79 Å². The largest absolute Gasteiger partial charge is 0.479 e. The monoisotopic (exact) mass is 295 g/mol. The quantitative estimate of drug-likeness (QED) is 0.788. The lowest BCUT2D eigenvalue weighted by molar-refractivity contribution is -0.127. The zero-order chi connectivity index (χ0) is 15.3. The summed E-state index contributed by atoms with van der Waals surface area (Å²) in [5.74, 6) is 1.26. The van der Waals surface area contributed by atoms with E-state index >= 15 is 0 Å². The maximum absolute atomic E-state index is 11.7. The van der Waals surface area contributed by atoms with E-state index in [0.29, 0.717) is 0 Å². The molecule has 108 valence electrons. The summed E-state index contributed by atoms with van der Waals surface area (Å²) in [6.45, 7) is 5.58. The molecule has 2 N–H and O–H groups in total. The van der Waals surface area contributed by atoms with Crippen molar-refractivity contribution < 1.29 is 19.4 Å². The molecule has 1 amide bonds. The Labute approximate surface area is 122 Å². The van der Waals surface area contributed by atoms with Gasteiger partial charge in [-0.25, -0.2) is 4.79 Å². The number of nitrogens with one attached hydrogen (secondary N) is 1. The lowest BCUT2D eigenvalue weighted by Crippen LogP contribution is -2.36. The second kappa shape index (κ2) is 6.96. The number of thiophene rings is 1. The van der Waals surface area contributed by atoms with Crippen molar-refractivity contribution in [2.24, 2.45) is 0 Å². The number of carboxylic acid groups (broad SMARTS) is 1. The first-order chi connectivity index (χ1) is 9.36. The van der Waals surface area contributed by atoms with E-state index in [9.17, 15) is 9.59 Å². The molecule has 1 aromatic heterocycles. The molecule has 5 nitrogen and oxygen atoms in total. The molecule has 0 fully saturated rings. The number of aromatic carboxylic acids is 1. The van der Waals surface area contributed by atoms with Crippen LogP contribution in [0.3, 0.4) is 0 Å². The SMILES string of the molecule is C#CCNC(=O)C(C)Oc1cc(C(C)C)sc1C(=O)O. The highest BCUT2D eigenvalue weighted by molar-refractivity contribution is 7.14. The van der Waals surface area contributed by atoms with Crippen LogP contribution in [0.15, 0.2) is 6.07 Å². The Bertz CT molecular complexity index is 542. The summed E-state index contributed by atoms with van der Waals surface area (Å²) in [5, 5.41) is 11.6. The molecule has 1 heterocycles. The van der Waals surface area contributed by atoms with Gasteiger partial charge in [-0.1, -0.05) is 19.8 Å². The molecule has 0 aliphatic rings. The van der Waals surface area contributed by atoms with Crippen LogP contribution in [0, 0.1) is 12.3 Å². The maximum atomic E-state index is 11.7. The average Bonchev–Trinajstić information content (AvgIpc) is 2.80. The van der Waals surface area contributed by atoms with Crippen LogP contribution in [0.1, 0.15) is 41.2 Å². The van der Waals surface area contributed by atoms with Gasteiger partial charge < -0.3 is 15.2 Å². The number of carbonyl (C=O) groups is 2. The number of amides is 1. The lowest BCUT2D eigenvalue weighted by atomic mass is 10.2. The first kappa shape index (κ1) is 16.1. The van der Waals surface area contributed by atoms with E-state index in [-0.39, 0.29) is 29.0 Å². The number of carboxylic acids is 1. The van der Waals surface area contributed by atoms with Crippen molar-refractivity contribution >= 4 is 23.2 Å². The minimum atomic E-state index is -1.06. The fraction of sp³-hybridized carbons (Fsp3) is 0.429. The molecular formula is C14H17NO4S. The Balaban J connectivity index is 2.88. The van der Waals surface area contributed by atoms with Gasteiger partial charge in [0.05, 0.1) is 6.54 Å². The molecule has 1 unspecified atom stereocenters.